The zero-order chi connectivity index (χ0) is 18.0. The van der Waals surface area contributed by atoms with Crippen LogP contribution in [-0.2, 0) is 9.47 Å². The van der Waals surface area contributed by atoms with E-state index in [0.717, 1.165) is 19.3 Å². The molecule has 0 aromatic carbocycles. The van der Waals surface area contributed by atoms with Gasteiger partial charge in [0.2, 0.25) is 0 Å². The third kappa shape index (κ3) is 14.9. The summed E-state index contributed by atoms with van der Waals surface area (Å²) < 4.78 is 11.0. The first kappa shape index (κ1) is 23.4. The number of hydrogen-bond acceptors (Lipinski definition) is 3. The lowest BCUT2D eigenvalue weighted by Gasteiger charge is -2.17. The van der Waals surface area contributed by atoms with Crippen LogP contribution in [0.5, 0.6) is 0 Å². The maximum Gasteiger partial charge on any atom is 0.157 e. The molecule has 0 aliphatic rings. The molecule has 142 valence electrons. The van der Waals surface area contributed by atoms with Gasteiger partial charge in [0.05, 0.1) is 6.10 Å². The molecule has 0 saturated heterocycles. The number of aliphatic hydroxyl groups excluding tert-OH is 1. The Labute approximate surface area is 150 Å². The number of allylic oxidation sites excluding steroid dienone is 3. The minimum Gasteiger partial charge on any atom is -0.389 e. The van der Waals surface area contributed by atoms with Gasteiger partial charge in [0.1, 0.15) is 0 Å². The Morgan fingerprint density at radius 3 is 2.08 bits per heavy atom. The van der Waals surface area contributed by atoms with Gasteiger partial charge in [0.25, 0.3) is 0 Å². The lowest BCUT2D eigenvalue weighted by molar-refractivity contribution is -0.140. The SMILES string of the molecule is CCCCCC[C@@H](C)/C=C/C=C/C(O)CCCC(OCC)OCC. The molecule has 0 aromatic rings. The molecule has 0 heterocycles. The molecule has 1 unspecified atom stereocenters. The number of aliphatic hydroxyl groups is 1. The average Bonchev–Trinajstić information content (AvgIpc) is 2.56. The second kappa shape index (κ2) is 17.2. The minimum atomic E-state index is -0.390. The smallest absolute Gasteiger partial charge is 0.157 e. The highest BCUT2D eigenvalue weighted by atomic mass is 16.7. The van der Waals surface area contributed by atoms with E-state index < -0.39 is 6.10 Å². The number of rotatable bonds is 16. The van der Waals surface area contributed by atoms with Crippen LogP contribution in [0.15, 0.2) is 24.3 Å². The first-order chi connectivity index (χ1) is 11.6. The lowest BCUT2D eigenvalue weighted by atomic mass is 10.0. The Morgan fingerprint density at radius 2 is 1.46 bits per heavy atom. The van der Waals surface area contributed by atoms with Crippen LogP contribution in [0.2, 0.25) is 0 Å². The summed E-state index contributed by atoms with van der Waals surface area (Å²) in [6.07, 6.45) is 16.6. The Bertz CT molecular complexity index is 306. The molecule has 0 spiro atoms. The molecule has 3 nitrogen and oxygen atoms in total. The molecule has 0 radical (unpaired) electrons. The zero-order valence-corrected chi connectivity index (χ0v) is 16.4. The van der Waals surface area contributed by atoms with Crippen LogP contribution >= 0.6 is 0 Å². The summed E-state index contributed by atoms with van der Waals surface area (Å²) in [5, 5.41) is 9.99. The van der Waals surface area contributed by atoms with Crippen molar-refractivity contribution in [2.75, 3.05) is 13.2 Å². The topological polar surface area (TPSA) is 38.7 Å². The monoisotopic (exact) mass is 340 g/mol. The lowest BCUT2D eigenvalue weighted by Crippen LogP contribution is -2.17. The third-order valence-corrected chi connectivity index (χ3v) is 4.04. The fourth-order valence-corrected chi connectivity index (χ4v) is 2.61. The molecular formula is C21H40O3. The number of hydrogen-bond donors (Lipinski definition) is 1. The maximum atomic E-state index is 9.99. The van der Waals surface area contributed by atoms with Crippen LogP contribution in [0, 0.1) is 5.92 Å². The van der Waals surface area contributed by atoms with E-state index in [2.05, 4.69) is 26.0 Å². The largest absolute Gasteiger partial charge is 0.389 e. The molecular weight excluding hydrogens is 300 g/mol. The van der Waals surface area contributed by atoms with Gasteiger partial charge in [-0.3, -0.25) is 0 Å². The summed E-state index contributed by atoms with van der Waals surface area (Å²) in [5.41, 5.74) is 0. The van der Waals surface area contributed by atoms with E-state index in [1.165, 1.54) is 32.1 Å². The third-order valence-electron chi connectivity index (χ3n) is 4.04. The molecule has 3 heteroatoms. The molecule has 0 aliphatic heterocycles. The van der Waals surface area contributed by atoms with Gasteiger partial charge < -0.3 is 14.6 Å². The summed E-state index contributed by atoms with van der Waals surface area (Å²) in [4.78, 5) is 0. The molecule has 24 heavy (non-hydrogen) atoms. The van der Waals surface area contributed by atoms with Crippen molar-refractivity contribution < 1.29 is 14.6 Å². The summed E-state index contributed by atoms with van der Waals surface area (Å²) >= 11 is 0. The van der Waals surface area contributed by atoms with E-state index >= 15 is 0 Å². The van der Waals surface area contributed by atoms with Crippen molar-refractivity contribution in [1.29, 1.82) is 0 Å². The van der Waals surface area contributed by atoms with Crippen molar-refractivity contribution in [3.05, 3.63) is 24.3 Å². The highest BCUT2D eigenvalue weighted by Gasteiger charge is 2.08. The second-order valence-corrected chi connectivity index (χ2v) is 6.43. The Balaban J connectivity index is 3.82. The maximum absolute atomic E-state index is 9.99. The van der Waals surface area contributed by atoms with Gasteiger partial charge >= 0.3 is 0 Å². The van der Waals surface area contributed by atoms with Crippen LogP contribution in [0.1, 0.15) is 79.1 Å². The van der Waals surface area contributed by atoms with Crippen LogP contribution in [-0.4, -0.2) is 30.7 Å². The van der Waals surface area contributed by atoms with Gasteiger partial charge in [0.15, 0.2) is 6.29 Å². The molecule has 0 rings (SSSR count). The van der Waals surface area contributed by atoms with E-state index in [9.17, 15) is 5.11 Å². The van der Waals surface area contributed by atoms with Crippen LogP contribution in [0.4, 0.5) is 0 Å². The quantitative estimate of drug-likeness (QED) is 0.225. The van der Waals surface area contributed by atoms with Gasteiger partial charge in [0, 0.05) is 13.2 Å². The fourth-order valence-electron chi connectivity index (χ4n) is 2.61. The van der Waals surface area contributed by atoms with E-state index in [1.807, 2.05) is 26.0 Å². The predicted molar refractivity (Wildman–Crippen MR) is 103 cm³/mol. The Hall–Kier alpha value is -0.640. The van der Waals surface area contributed by atoms with Crippen LogP contribution < -0.4 is 0 Å². The molecule has 0 amide bonds. The first-order valence-corrected chi connectivity index (χ1v) is 9.90. The standard InChI is InChI=1S/C21H40O3/c1-5-8-9-10-14-19(4)15-11-12-16-20(22)17-13-18-21(23-6-2)24-7-3/h11-12,15-16,19-22H,5-10,13-14,17-18H2,1-4H3/b15-11+,16-12+/t19-,20?/m1/s1. The van der Waals surface area contributed by atoms with Gasteiger partial charge in [-0.25, -0.2) is 0 Å². The molecule has 0 fully saturated rings. The van der Waals surface area contributed by atoms with Crippen LogP contribution in [0.25, 0.3) is 0 Å². The number of ether oxygens (including phenoxy) is 2. The summed E-state index contributed by atoms with van der Waals surface area (Å²) in [5.74, 6) is 0.613. The fraction of sp³-hybridized carbons (Fsp3) is 0.810. The summed E-state index contributed by atoms with van der Waals surface area (Å²) in [6, 6.07) is 0. The molecule has 1 N–H and O–H groups in total. The van der Waals surface area contributed by atoms with Crippen molar-refractivity contribution in [2.24, 2.45) is 5.92 Å². The second-order valence-electron chi connectivity index (χ2n) is 6.43. The zero-order valence-electron chi connectivity index (χ0n) is 16.4. The van der Waals surface area contributed by atoms with E-state index in [1.54, 1.807) is 0 Å². The summed E-state index contributed by atoms with van der Waals surface area (Å²) in [6.45, 7) is 9.77. The van der Waals surface area contributed by atoms with E-state index in [4.69, 9.17) is 9.47 Å². The highest BCUT2D eigenvalue weighted by Crippen LogP contribution is 2.12. The van der Waals surface area contributed by atoms with E-state index in [-0.39, 0.29) is 6.29 Å². The van der Waals surface area contributed by atoms with Gasteiger partial charge in [-0.15, -0.1) is 0 Å². The molecule has 0 aromatic heterocycles. The molecule has 2 atom stereocenters. The average molecular weight is 341 g/mol. The van der Waals surface area contributed by atoms with E-state index in [0.29, 0.717) is 19.1 Å². The van der Waals surface area contributed by atoms with Crippen molar-refractivity contribution in [3.8, 4) is 0 Å². The highest BCUT2D eigenvalue weighted by molar-refractivity contribution is 5.05. The van der Waals surface area contributed by atoms with Gasteiger partial charge in [-0.2, -0.15) is 0 Å². The van der Waals surface area contributed by atoms with Crippen molar-refractivity contribution in [2.45, 2.75) is 91.5 Å². The van der Waals surface area contributed by atoms with Gasteiger partial charge in [-0.1, -0.05) is 63.8 Å². The summed E-state index contributed by atoms with van der Waals surface area (Å²) in [7, 11) is 0. The van der Waals surface area contributed by atoms with Gasteiger partial charge in [-0.05, 0) is 45.4 Å². The molecule has 0 bridgehead atoms. The van der Waals surface area contributed by atoms with Crippen LogP contribution in [0.3, 0.4) is 0 Å². The normalized spacial score (nSPS) is 14.9. The Morgan fingerprint density at radius 1 is 0.792 bits per heavy atom. The van der Waals surface area contributed by atoms with Crippen molar-refractivity contribution in [1.82, 2.24) is 0 Å². The number of unbranched alkanes of at least 4 members (excludes halogenated alkanes) is 3. The molecule has 0 aliphatic carbocycles. The van der Waals surface area contributed by atoms with Crippen molar-refractivity contribution >= 4 is 0 Å². The Kier molecular flexibility index (Phi) is 16.7. The first-order valence-electron chi connectivity index (χ1n) is 9.90. The minimum absolute atomic E-state index is 0.135. The predicted octanol–water partition coefficient (Wildman–Crippen LogP) is 5.64. The molecule has 0 saturated carbocycles. The van der Waals surface area contributed by atoms with Crippen molar-refractivity contribution in [3.63, 3.8) is 0 Å².